The van der Waals surface area contributed by atoms with Crippen LogP contribution >= 0.6 is 0 Å². The van der Waals surface area contributed by atoms with Crippen LogP contribution in [0, 0.1) is 5.92 Å². The summed E-state index contributed by atoms with van der Waals surface area (Å²) in [5.74, 6) is -0.643. The number of rotatable bonds is 8. The number of aliphatic hydroxyl groups excluding tert-OH is 1. The van der Waals surface area contributed by atoms with Gasteiger partial charge in [-0.25, -0.2) is 0 Å². The molecule has 1 aromatic carbocycles. The maximum Gasteiger partial charge on any atom is 0.303 e. The number of allylic oxidation sites excluding steroid dienone is 1. The Bertz CT molecular complexity index is 512. The van der Waals surface area contributed by atoms with Gasteiger partial charge in [-0.1, -0.05) is 44.0 Å². The van der Waals surface area contributed by atoms with Gasteiger partial charge in [-0.15, -0.1) is 0 Å². The first-order chi connectivity index (χ1) is 11.1. The fourth-order valence-corrected chi connectivity index (χ4v) is 3.00. The van der Waals surface area contributed by atoms with E-state index in [4.69, 9.17) is 5.11 Å². The molecule has 3 N–H and O–H groups in total. The summed E-state index contributed by atoms with van der Waals surface area (Å²) in [6.45, 7) is 3.89. The van der Waals surface area contributed by atoms with E-state index in [-0.39, 0.29) is 12.3 Å². The highest BCUT2D eigenvalue weighted by Gasteiger charge is 2.27. The van der Waals surface area contributed by atoms with E-state index in [2.05, 4.69) is 12.0 Å². The van der Waals surface area contributed by atoms with Crippen molar-refractivity contribution in [3.8, 4) is 0 Å². The Hall–Kier alpha value is -2.01. The second-order valence-electron chi connectivity index (χ2n) is 6.13. The molecule has 1 fully saturated rings. The van der Waals surface area contributed by atoms with Gasteiger partial charge in [0.2, 0.25) is 0 Å². The highest BCUT2D eigenvalue weighted by Crippen LogP contribution is 2.29. The third-order valence-corrected chi connectivity index (χ3v) is 4.29. The van der Waals surface area contributed by atoms with Crippen molar-refractivity contribution in [2.75, 3.05) is 5.01 Å². The molecule has 2 rings (SSSR count). The molecule has 0 saturated heterocycles. The first-order valence-corrected chi connectivity index (χ1v) is 8.26. The quantitative estimate of drug-likeness (QED) is 0.507. The Morgan fingerprint density at radius 2 is 1.87 bits per heavy atom. The Morgan fingerprint density at radius 3 is 2.48 bits per heavy atom. The number of benzene rings is 1. The molecule has 1 atom stereocenters. The van der Waals surface area contributed by atoms with Crippen molar-refractivity contribution in [3.05, 3.63) is 42.6 Å². The summed E-state index contributed by atoms with van der Waals surface area (Å²) in [6, 6.07) is 9.59. The summed E-state index contributed by atoms with van der Waals surface area (Å²) < 4.78 is 0. The van der Waals surface area contributed by atoms with Crippen molar-refractivity contribution < 1.29 is 15.0 Å². The number of hydrogen-bond donors (Lipinski definition) is 3. The Labute approximate surface area is 137 Å². The smallest absolute Gasteiger partial charge is 0.303 e. The molecule has 0 aromatic heterocycles. The lowest BCUT2D eigenvalue weighted by Gasteiger charge is -2.37. The van der Waals surface area contributed by atoms with E-state index < -0.39 is 12.2 Å². The topological polar surface area (TPSA) is 72.8 Å². The van der Waals surface area contributed by atoms with Gasteiger partial charge in [0.15, 0.2) is 0 Å². The molecule has 0 radical (unpaired) electrons. The average molecular weight is 318 g/mol. The molecule has 23 heavy (non-hydrogen) atoms. The molecule has 1 aromatic rings. The van der Waals surface area contributed by atoms with Crippen LogP contribution in [-0.2, 0) is 4.79 Å². The van der Waals surface area contributed by atoms with E-state index in [1.54, 1.807) is 5.01 Å². The summed E-state index contributed by atoms with van der Waals surface area (Å²) in [6.07, 6.45) is 5.23. The molecule has 1 aliphatic carbocycles. The molecule has 1 saturated carbocycles. The van der Waals surface area contributed by atoms with Gasteiger partial charge in [0.05, 0.1) is 12.1 Å². The van der Waals surface area contributed by atoms with Gasteiger partial charge in [-0.3, -0.25) is 9.80 Å². The number of carboxylic acid groups (broad SMARTS) is 1. The normalized spacial score (nSPS) is 16.6. The predicted octanol–water partition coefficient (Wildman–Crippen LogP) is 3.27. The lowest BCUT2D eigenvalue weighted by atomic mass is 9.87. The number of para-hydroxylation sites is 1. The van der Waals surface area contributed by atoms with Crippen molar-refractivity contribution in [1.29, 1.82) is 0 Å². The second-order valence-corrected chi connectivity index (χ2v) is 6.13. The minimum atomic E-state index is -0.855. The first kappa shape index (κ1) is 17.3. The molecule has 126 valence electrons. The third kappa shape index (κ3) is 5.28. The van der Waals surface area contributed by atoms with Gasteiger partial charge < -0.3 is 15.6 Å². The highest BCUT2D eigenvalue weighted by atomic mass is 16.4. The molecule has 1 unspecified atom stereocenters. The van der Waals surface area contributed by atoms with Crippen molar-refractivity contribution in [2.24, 2.45) is 5.92 Å². The number of anilines is 1. The summed E-state index contributed by atoms with van der Waals surface area (Å²) >= 11 is 0. The van der Waals surface area contributed by atoms with Gasteiger partial charge in [0, 0.05) is 11.6 Å². The summed E-state index contributed by atoms with van der Waals surface area (Å²) in [7, 11) is 0. The summed E-state index contributed by atoms with van der Waals surface area (Å²) in [4.78, 5) is 10.7. The van der Waals surface area contributed by atoms with Gasteiger partial charge in [-0.2, -0.15) is 0 Å². The number of nitrogens with zero attached hydrogens (tertiary/aromatic N) is 1. The van der Waals surface area contributed by atoms with Crippen molar-refractivity contribution in [3.63, 3.8) is 0 Å². The lowest BCUT2D eigenvalue weighted by Crippen LogP contribution is -2.49. The van der Waals surface area contributed by atoms with Gasteiger partial charge in [-0.05, 0) is 31.4 Å². The molecule has 5 heteroatoms. The third-order valence-electron chi connectivity index (χ3n) is 4.29. The van der Waals surface area contributed by atoms with E-state index in [1.807, 2.05) is 30.3 Å². The maximum atomic E-state index is 10.8. The van der Waals surface area contributed by atoms with Crippen LogP contribution in [0.2, 0.25) is 0 Å². The highest BCUT2D eigenvalue weighted by molar-refractivity contribution is 5.67. The number of aliphatic hydroxyl groups is 1. The maximum absolute atomic E-state index is 10.8. The minimum absolute atomic E-state index is 0.0218. The van der Waals surface area contributed by atoms with Crippen LogP contribution in [-0.4, -0.2) is 22.4 Å². The molecule has 0 bridgehead atoms. The zero-order valence-corrected chi connectivity index (χ0v) is 13.4. The number of nitrogens with one attached hydrogen (secondary N) is 1. The monoisotopic (exact) mass is 318 g/mol. The Kier molecular flexibility index (Phi) is 6.47. The zero-order valence-electron chi connectivity index (χ0n) is 13.4. The van der Waals surface area contributed by atoms with E-state index in [0.29, 0.717) is 12.1 Å². The molecule has 0 amide bonds. The van der Waals surface area contributed by atoms with Gasteiger partial charge in [0.1, 0.15) is 6.23 Å². The molecular weight excluding hydrogens is 292 g/mol. The van der Waals surface area contributed by atoms with Crippen LogP contribution in [0.4, 0.5) is 5.69 Å². The molecular formula is C18H26N2O3. The average Bonchev–Trinajstić information content (AvgIpc) is 2.59. The van der Waals surface area contributed by atoms with Crippen LogP contribution < -0.4 is 10.4 Å². The van der Waals surface area contributed by atoms with Crippen LogP contribution in [0.15, 0.2) is 42.6 Å². The SMILES string of the molecule is C=C(CCC(=O)O)NN(c1ccccc1)C(O)C1CCCCC1. The molecule has 0 heterocycles. The van der Waals surface area contributed by atoms with E-state index >= 15 is 0 Å². The van der Waals surface area contributed by atoms with Gasteiger partial charge in [0.25, 0.3) is 0 Å². The number of aliphatic carboxylic acids is 1. The summed E-state index contributed by atoms with van der Waals surface area (Å²) in [5, 5.41) is 21.3. The fourth-order valence-electron chi connectivity index (χ4n) is 3.00. The van der Waals surface area contributed by atoms with Crippen LogP contribution in [0.5, 0.6) is 0 Å². The molecule has 0 spiro atoms. The molecule has 1 aliphatic rings. The zero-order chi connectivity index (χ0) is 16.7. The lowest BCUT2D eigenvalue weighted by molar-refractivity contribution is -0.136. The Balaban J connectivity index is 2.08. The second kappa shape index (κ2) is 8.58. The van der Waals surface area contributed by atoms with Crippen LogP contribution in [0.25, 0.3) is 0 Å². The van der Waals surface area contributed by atoms with E-state index in [1.165, 1.54) is 6.42 Å². The summed E-state index contributed by atoms with van der Waals surface area (Å²) in [5.41, 5.74) is 4.55. The van der Waals surface area contributed by atoms with E-state index in [0.717, 1.165) is 31.4 Å². The number of hydrogen-bond acceptors (Lipinski definition) is 4. The van der Waals surface area contributed by atoms with Gasteiger partial charge >= 0.3 is 5.97 Å². The predicted molar refractivity (Wildman–Crippen MR) is 90.6 cm³/mol. The van der Waals surface area contributed by atoms with E-state index in [9.17, 15) is 9.90 Å². The van der Waals surface area contributed by atoms with Crippen molar-refractivity contribution in [1.82, 2.24) is 5.43 Å². The van der Waals surface area contributed by atoms with Crippen LogP contribution in [0.3, 0.4) is 0 Å². The largest absolute Gasteiger partial charge is 0.481 e. The number of carbonyl (C=O) groups is 1. The standard InChI is InChI=1S/C18H26N2O3/c1-14(12-13-17(21)22)19-20(16-10-6-3-7-11-16)18(23)15-8-4-2-5-9-15/h3,6-7,10-11,15,18-19,23H,1-2,4-5,8-9,12-13H2,(H,21,22). The molecule has 0 aliphatic heterocycles. The van der Waals surface area contributed by atoms with Crippen molar-refractivity contribution in [2.45, 2.75) is 51.2 Å². The minimum Gasteiger partial charge on any atom is -0.481 e. The number of carboxylic acids is 1. The molecule has 5 nitrogen and oxygen atoms in total. The van der Waals surface area contributed by atoms with Crippen molar-refractivity contribution >= 4 is 11.7 Å². The number of hydrazine groups is 1. The Morgan fingerprint density at radius 1 is 1.22 bits per heavy atom. The fraction of sp³-hybridized carbons (Fsp3) is 0.500. The first-order valence-electron chi connectivity index (χ1n) is 8.26. The van der Waals surface area contributed by atoms with Crippen LogP contribution in [0.1, 0.15) is 44.9 Å².